The Bertz CT molecular complexity index is 716. The Morgan fingerprint density at radius 2 is 1.96 bits per heavy atom. The van der Waals surface area contributed by atoms with Crippen molar-refractivity contribution in [3.8, 4) is 0 Å². The van der Waals surface area contributed by atoms with Crippen LogP contribution < -0.4 is 0 Å². The monoisotopic (exact) mass is 359 g/mol. The standard InChI is InChI=1S/C15H16F3N3O4/c1-9(2)12-8-14(23,15(16,17)18)20(19-12)13(22)7-10-3-5-11(6-4-10)21(24)25/h3-6,9,23H,7-8H2,1-2H3/t14-/m0/s1. The average Bonchev–Trinajstić information content (AvgIpc) is 2.87. The molecule has 0 unspecified atom stereocenters. The Hall–Kier alpha value is -2.49. The van der Waals surface area contributed by atoms with Gasteiger partial charge >= 0.3 is 6.18 Å². The van der Waals surface area contributed by atoms with E-state index in [2.05, 4.69) is 5.10 Å². The van der Waals surface area contributed by atoms with Crippen molar-refractivity contribution in [3.63, 3.8) is 0 Å². The van der Waals surface area contributed by atoms with Crippen molar-refractivity contribution < 1.29 is 28.0 Å². The summed E-state index contributed by atoms with van der Waals surface area (Å²) in [6, 6.07) is 4.83. The average molecular weight is 359 g/mol. The molecule has 1 heterocycles. The molecule has 10 heteroatoms. The lowest BCUT2D eigenvalue weighted by atomic mass is 9.99. The summed E-state index contributed by atoms with van der Waals surface area (Å²) < 4.78 is 39.8. The van der Waals surface area contributed by atoms with Crippen molar-refractivity contribution in [2.24, 2.45) is 11.0 Å². The predicted octanol–water partition coefficient (Wildman–Crippen LogP) is 2.63. The highest BCUT2D eigenvalue weighted by atomic mass is 19.4. The minimum Gasteiger partial charge on any atom is -0.362 e. The molecule has 1 aliphatic heterocycles. The second-order valence-corrected chi connectivity index (χ2v) is 6.04. The number of benzene rings is 1. The molecule has 1 aromatic rings. The highest BCUT2D eigenvalue weighted by Crippen LogP contribution is 2.41. The number of aliphatic hydroxyl groups is 1. The maximum atomic E-state index is 13.3. The first-order valence-electron chi connectivity index (χ1n) is 7.38. The van der Waals surface area contributed by atoms with Crippen molar-refractivity contribution in [3.05, 3.63) is 39.9 Å². The molecule has 1 atom stereocenters. The first-order chi connectivity index (χ1) is 11.5. The van der Waals surface area contributed by atoms with Crippen LogP contribution in [0, 0.1) is 16.0 Å². The summed E-state index contributed by atoms with van der Waals surface area (Å²) in [6.45, 7) is 3.22. The van der Waals surface area contributed by atoms with E-state index in [9.17, 15) is 33.2 Å². The van der Waals surface area contributed by atoms with Gasteiger partial charge in [0.15, 0.2) is 0 Å². The third-order valence-electron chi connectivity index (χ3n) is 3.87. The summed E-state index contributed by atoms with van der Waals surface area (Å²) in [6.07, 6.45) is -6.36. The number of carbonyl (C=O) groups is 1. The molecule has 0 bridgehead atoms. The second kappa shape index (κ2) is 6.43. The van der Waals surface area contributed by atoms with Gasteiger partial charge in [-0.15, -0.1) is 0 Å². The van der Waals surface area contributed by atoms with Gasteiger partial charge in [-0.25, -0.2) is 0 Å². The zero-order valence-corrected chi connectivity index (χ0v) is 13.4. The van der Waals surface area contributed by atoms with Gasteiger partial charge in [0.2, 0.25) is 5.91 Å². The molecule has 7 nitrogen and oxygen atoms in total. The molecule has 25 heavy (non-hydrogen) atoms. The van der Waals surface area contributed by atoms with E-state index >= 15 is 0 Å². The molecule has 0 aromatic heterocycles. The molecule has 136 valence electrons. The van der Waals surface area contributed by atoms with Crippen LogP contribution in [0.25, 0.3) is 0 Å². The molecule has 0 fully saturated rings. The molecule has 0 saturated carbocycles. The number of carbonyl (C=O) groups excluding carboxylic acids is 1. The third-order valence-corrected chi connectivity index (χ3v) is 3.87. The van der Waals surface area contributed by atoms with Gasteiger partial charge in [0.25, 0.3) is 11.4 Å². The molecule has 1 N–H and O–H groups in total. The van der Waals surface area contributed by atoms with E-state index in [-0.39, 0.29) is 27.9 Å². The van der Waals surface area contributed by atoms with Gasteiger partial charge in [0.05, 0.1) is 11.3 Å². The third kappa shape index (κ3) is 3.63. The van der Waals surface area contributed by atoms with E-state index in [1.165, 1.54) is 12.1 Å². The maximum absolute atomic E-state index is 13.3. The van der Waals surface area contributed by atoms with Crippen LogP contribution >= 0.6 is 0 Å². The fourth-order valence-corrected chi connectivity index (χ4v) is 2.36. The van der Waals surface area contributed by atoms with E-state index in [4.69, 9.17) is 0 Å². The number of nitrogens with zero attached hydrogens (tertiary/aromatic N) is 3. The largest absolute Gasteiger partial charge is 0.438 e. The Balaban J connectivity index is 2.26. The van der Waals surface area contributed by atoms with Crippen LogP contribution in [0.3, 0.4) is 0 Å². The molecule has 2 rings (SSSR count). The van der Waals surface area contributed by atoms with Crippen molar-refractivity contribution in [2.45, 2.75) is 38.6 Å². The fourth-order valence-electron chi connectivity index (χ4n) is 2.36. The zero-order valence-electron chi connectivity index (χ0n) is 13.4. The van der Waals surface area contributed by atoms with Crippen molar-refractivity contribution in [2.75, 3.05) is 0 Å². The maximum Gasteiger partial charge on any atom is 0.438 e. The number of rotatable bonds is 4. The summed E-state index contributed by atoms with van der Waals surface area (Å²) in [5.41, 5.74) is -3.25. The van der Waals surface area contributed by atoms with E-state index in [0.29, 0.717) is 0 Å². The minimum absolute atomic E-state index is 0.0666. The van der Waals surface area contributed by atoms with Crippen LogP contribution in [0.5, 0.6) is 0 Å². The molecule has 1 aromatic carbocycles. The molecule has 0 radical (unpaired) electrons. The van der Waals surface area contributed by atoms with Gasteiger partial charge < -0.3 is 5.11 Å². The van der Waals surface area contributed by atoms with Crippen molar-refractivity contribution >= 4 is 17.3 Å². The molecule has 1 amide bonds. The van der Waals surface area contributed by atoms with Gasteiger partial charge in [0.1, 0.15) is 0 Å². The van der Waals surface area contributed by atoms with E-state index in [1.54, 1.807) is 13.8 Å². The summed E-state index contributed by atoms with van der Waals surface area (Å²) in [5, 5.41) is 24.4. The van der Waals surface area contributed by atoms with Crippen LogP contribution in [-0.4, -0.2) is 38.6 Å². The van der Waals surface area contributed by atoms with Gasteiger partial charge in [-0.3, -0.25) is 14.9 Å². The number of halogens is 3. The highest BCUT2D eigenvalue weighted by molar-refractivity contribution is 5.92. The Morgan fingerprint density at radius 1 is 1.40 bits per heavy atom. The Kier molecular flexibility index (Phi) is 4.85. The highest BCUT2D eigenvalue weighted by Gasteiger charge is 2.63. The number of amides is 1. The fraction of sp³-hybridized carbons (Fsp3) is 0.467. The molecular formula is C15H16F3N3O4. The number of hydrazone groups is 1. The summed E-state index contributed by atoms with van der Waals surface area (Å²) in [7, 11) is 0. The number of non-ortho nitro benzene ring substituents is 1. The summed E-state index contributed by atoms with van der Waals surface area (Å²) >= 11 is 0. The van der Waals surface area contributed by atoms with E-state index < -0.39 is 35.6 Å². The number of alkyl halides is 3. The summed E-state index contributed by atoms with van der Waals surface area (Å²) in [4.78, 5) is 22.3. The van der Waals surface area contributed by atoms with Crippen LogP contribution in [0.2, 0.25) is 0 Å². The minimum atomic E-state index is -5.07. The van der Waals surface area contributed by atoms with Gasteiger partial charge in [-0.05, 0) is 11.5 Å². The number of hydrogen-bond donors (Lipinski definition) is 1. The Morgan fingerprint density at radius 3 is 2.40 bits per heavy atom. The van der Waals surface area contributed by atoms with Crippen LogP contribution in [0.4, 0.5) is 18.9 Å². The first-order valence-corrected chi connectivity index (χ1v) is 7.38. The molecule has 1 aliphatic rings. The zero-order chi connectivity index (χ0) is 19.0. The normalized spacial score (nSPS) is 20.8. The molecule has 0 spiro atoms. The van der Waals surface area contributed by atoms with Crippen LogP contribution in [-0.2, 0) is 11.2 Å². The number of nitro benzene ring substituents is 1. The predicted molar refractivity (Wildman–Crippen MR) is 81.5 cm³/mol. The van der Waals surface area contributed by atoms with Crippen molar-refractivity contribution in [1.29, 1.82) is 0 Å². The van der Waals surface area contributed by atoms with Crippen LogP contribution in [0.15, 0.2) is 29.4 Å². The number of hydrogen-bond acceptors (Lipinski definition) is 5. The van der Waals surface area contributed by atoms with Gasteiger partial charge in [0, 0.05) is 24.3 Å². The van der Waals surface area contributed by atoms with Crippen molar-refractivity contribution in [1.82, 2.24) is 5.01 Å². The van der Waals surface area contributed by atoms with E-state index in [0.717, 1.165) is 12.1 Å². The summed E-state index contributed by atoms with van der Waals surface area (Å²) in [5.74, 6) is -1.42. The van der Waals surface area contributed by atoms with Gasteiger partial charge in [-0.1, -0.05) is 26.0 Å². The topological polar surface area (TPSA) is 96.0 Å². The molecule has 0 aliphatic carbocycles. The van der Waals surface area contributed by atoms with Crippen LogP contribution in [0.1, 0.15) is 25.8 Å². The smallest absolute Gasteiger partial charge is 0.362 e. The number of nitro groups is 1. The lowest BCUT2D eigenvalue weighted by molar-refractivity contribution is -0.384. The first kappa shape index (κ1) is 18.8. The lowest BCUT2D eigenvalue weighted by Crippen LogP contribution is -2.57. The van der Waals surface area contributed by atoms with Gasteiger partial charge in [-0.2, -0.15) is 23.3 Å². The van der Waals surface area contributed by atoms with E-state index in [1.807, 2.05) is 0 Å². The lowest BCUT2D eigenvalue weighted by Gasteiger charge is -2.32. The quantitative estimate of drug-likeness (QED) is 0.660. The SMILES string of the molecule is CC(C)C1=NN(C(=O)Cc2ccc([N+](=O)[O-])cc2)[C@@](O)(C(F)(F)F)C1. The molecular weight excluding hydrogens is 343 g/mol. The molecule has 0 saturated heterocycles. The second-order valence-electron chi connectivity index (χ2n) is 6.04. The Labute approximate surface area is 140 Å².